The zero-order valence-corrected chi connectivity index (χ0v) is 7.53. The van der Waals surface area contributed by atoms with Crippen molar-refractivity contribution in [3.05, 3.63) is 34.5 Å². The van der Waals surface area contributed by atoms with Gasteiger partial charge < -0.3 is 5.73 Å². The van der Waals surface area contributed by atoms with Gasteiger partial charge in [0.05, 0.1) is 0 Å². The number of hydrogen-bond donors (Lipinski definition) is 1. The first kappa shape index (κ1) is 8.50. The molecule has 11 heavy (non-hydrogen) atoms. The minimum absolute atomic E-state index is 0.146. The molecule has 0 aromatic carbocycles. The van der Waals surface area contributed by atoms with Crippen LogP contribution in [0.1, 0.15) is 24.3 Å². The average molecular weight is 167 g/mol. The third-order valence-electron chi connectivity index (χ3n) is 1.48. The highest BCUT2D eigenvalue weighted by Gasteiger charge is 2.05. The molecule has 1 rings (SSSR count). The minimum atomic E-state index is 0.146. The Bertz CT molecular complexity index is 226. The van der Waals surface area contributed by atoms with Gasteiger partial charge in [0.25, 0.3) is 0 Å². The lowest BCUT2D eigenvalue weighted by atomic mass is 10.1. The molecular formula is C9H13NS. The molecule has 0 spiro atoms. The van der Waals surface area contributed by atoms with Crippen molar-refractivity contribution >= 4 is 11.3 Å². The van der Waals surface area contributed by atoms with Crippen LogP contribution in [0.4, 0.5) is 0 Å². The molecule has 1 aromatic rings. The Morgan fingerprint density at radius 2 is 2.55 bits per heavy atom. The summed E-state index contributed by atoms with van der Waals surface area (Å²) < 4.78 is 0. The summed E-state index contributed by atoms with van der Waals surface area (Å²) >= 11 is 1.71. The van der Waals surface area contributed by atoms with Gasteiger partial charge in [-0.15, -0.1) is 17.9 Å². The smallest absolute Gasteiger partial charge is 0.0427 e. The van der Waals surface area contributed by atoms with Crippen LogP contribution in [0.5, 0.6) is 0 Å². The molecule has 0 bridgehead atoms. The van der Waals surface area contributed by atoms with Gasteiger partial charge in [-0.3, -0.25) is 0 Å². The monoisotopic (exact) mass is 167 g/mol. The van der Waals surface area contributed by atoms with Gasteiger partial charge in [-0.25, -0.2) is 0 Å². The normalized spacial score (nSPS) is 12.9. The van der Waals surface area contributed by atoms with Crippen LogP contribution in [0, 0.1) is 0 Å². The molecule has 2 heteroatoms. The third kappa shape index (κ3) is 2.48. The molecule has 0 saturated carbocycles. The van der Waals surface area contributed by atoms with Gasteiger partial charge in [-0.1, -0.05) is 11.6 Å². The number of nitrogens with two attached hydrogens (primary N) is 1. The van der Waals surface area contributed by atoms with Crippen LogP contribution in [0.2, 0.25) is 0 Å². The molecule has 0 radical (unpaired) electrons. The highest BCUT2D eigenvalue weighted by molar-refractivity contribution is 7.10. The summed E-state index contributed by atoms with van der Waals surface area (Å²) in [6, 6.07) is 4.24. The number of rotatable bonds is 3. The number of thiophene rings is 1. The van der Waals surface area contributed by atoms with E-state index in [0.717, 1.165) is 12.0 Å². The van der Waals surface area contributed by atoms with Gasteiger partial charge in [0, 0.05) is 10.9 Å². The molecule has 1 heterocycles. The van der Waals surface area contributed by atoms with Gasteiger partial charge >= 0.3 is 0 Å². The topological polar surface area (TPSA) is 26.0 Å². The van der Waals surface area contributed by atoms with E-state index in [2.05, 4.69) is 12.6 Å². The molecule has 1 nitrogen and oxygen atoms in total. The zero-order chi connectivity index (χ0) is 8.27. The van der Waals surface area contributed by atoms with E-state index in [4.69, 9.17) is 5.73 Å². The molecule has 1 atom stereocenters. The van der Waals surface area contributed by atoms with Crippen molar-refractivity contribution in [2.24, 2.45) is 5.73 Å². The van der Waals surface area contributed by atoms with Crippen molar-refractivity contribution in [2.45, 2.75) is 19.4 Å². The second-order valence-corrected chi connectivity index (χ2v) is 3.76. The van der Waals surface area contributed by atoms with Crippen LogP contribution in [0.15, 0.2) is 29.7 Å². The Kier molecular flexibility index (Phi) is 2.85. The lowest BCUT2D eigenvalue weighted by molar-refractivity contribution is 0.731. The maximum Gasteiger partial charge on any atom is 0.0427 e. The van der Waals surface area contributed by atoms with Crippen molar-refractivity contribution in [2.75, 3.05) is 0 Å². The van der Waals surface area contributed by atoms with Crippen LogP contribution in [-0.4, -0.2) is 0 Å². The SMILES string of the molecule is C=C(C)CC(N)c1cccs1. The predicted molar refractivity (Wildman–Crippen MR) is 50.7 cm³/mol. The first-order chi connectivity index (χ1) is 5.20. The summed E-state index contributed by atoms with van der Waals surface area (Å²) in [7, 11) is 0. The highest BCUT2D eigenvalue weighted by atomic mass is 32.1. The molecule has 0 fully saturated rings. The van der Waals surface area contributed by atoms with E-state index in [1.165, 1.54) is 4.88 Å². The summed E-state index contributed by atoms with van der Waals surface area (Å²) in [4.78, 5) is 1.24. The molecule has 0 aliphatic heterocycles. The second-order valence-electron chi connectivity index (χ2n) is 2.78. The standard InChI is InChI=1S/C9H13NS/c1-7(2)6-8(10)9-4-3-5-11-9/h3-5,8H,1,6,10H2,2H3. The Balaban J connectivity index is 2.56. The molecule has 0 aliphatic carbocycles. The van der Waals surface area contributed by atoms with E-state index >= 15 is 0 Å². The van der Waals surface area contributed by atoms with Crippen molar-refractivity contribution in [3.8, 4) is 0 Å². The first-order valence-electron chi connectivity index (χ1n) is 3.63. The van der Waals surface area contributed by atoms with Crippen LogP contribution >= 0.6 is 11.3 Å². The molecule has 1 unspecified atom stereocenters. The maximum absolute atomic E-state index is 5.89. The minimum Gasteiger partial charge on any atom is -0.323 e. The fourth-order valence-electron chi connectivity index (χ4n) is 0.978. The lowest BCUT2D eigenvalue weighted by Gasteiger charge is -2.07. The van der Waals surface area contributed by atoms with E-state index in [1.807, 2.05) is 18.4 Å². The van der Waals surface area contributed by atoms with Crippen molar-refractivity contribution in [1.82, 2.24) is 0 Å². The van der Waals surface area contributed by atoms with Gasteiger partial charge in [0.15, 0.2) is 0 Å². The Labute approximate surface area is 71.5 Å². The molecule has 1 aromatic heterocycles. The predicted octanol–water partition coefficient (Wildman–Crippen LogP) is 2.71. The van der Waals surface area contributed by atoms with E-state index in [0.29, 0.717) is 0 Å². The molecule has 0 saturated heterocycles. The Hall–Kier alpha value is -0.600. The summed E-state index contributed by atoms with van der Waals surface area (Å²) in [5.74, 6) is 0. The summed E-state index contributed by atoms with van der Waals surface area (Å²) in [6.07, 6.45) is 0.889. The second kappa shape index (κ2) is 3.69. The fourth-order valence-corrected chi connectivity index (χ4v) is 1.71. The largest absolute Gasteiger partial charge is 0.323 e. The summed E-state index contributed by atoms with van der Waals surface area (Å²) in [5.41, 5.74) is 7.03. The number of hydrogen-bond acceptors (Lipinski definition) is 2. The summed E-state index contributed by atoms with van der Waals surface area (Å²) in [6.45, 7) is 5.84. The van der Waals surface area contributed by atoms with Crippen molar-refractivity contribution in [3.63, 3.8) is 0 Å². The molecule has 2 N–H and O–H groups in total. The lowest BCUT2D eigenvalue weighted by Crippen LogP contribution is -2.08. The van der Waals surface area contributed by atoms with Gasteiger partial charge in [-0.05, 0) is 24.8 Å². The maximum atomic E-state index is 5.89. The van der Waals surface area contributed by atoms with Crippen LogP contribution < -0.4 is 5.73 Å². The van der Waals surface area contributed by atoms with E-state index < -0.39 is 0 Å². The van der Waals surface area contributed by atoms with Crippen LogP contribution in [0.25, 0.3) is 0 Å². The summed E-state index contributed by atoms with van der Waals surface area (Å²) in [5, 5.41) is 2.05. The first-order valence-corrected chi connectivity index (χ1v) is 4.51. The quantitative estimate of drug-likeness (QED) is 0.688. The van der Waals surface area contributed by atoms with Gasteiger partial charge in [-0.2, -0.15) is 0 Å². The molecular weight excluding hydrogens is 154 g/mol. The molecule has 60 valence electrons. The average Bonchev–Trinajstić information content (AvgIpc) is 2.35. The Morgan fingerprint density at radius 3 is 3.00 bits per heavy atom. The fraction of sp³-hybridized carbons (Fsp3) is 0.333. The van der Waals surface area contributed by atoms with E-state index in [-0.39, 0.29) is 6.04 Å². The van der Waals surface area contributed by atoms with Crippen LogP contribution in [0.3, 0.4) is 0 Å². The Morgan fingerprint density at radius 1 is 1.82 bits per heavy atom. The van der Waals surface area contributed by atoms with Gasteiger partial charge in [0.1, 0.15) is 0 Å². The molecule has 0 aliphatic rings. The van der Waals surface area contributed by atoms with Crippen molar-refractivity contribution in [1.29, 1.82) is 0 Å². The molecule has 0 amide bonds. The van der Waals surface area contributed by atoms with Crippen LogP contribution in [-0.2, 0) is 0 Å². The van der Waals surface area contributed by atoms with E-state index in [1.54, 1.807) is 11.3 Å². The van der Waals surface area contributed by atoms with Gasteiger partial charge in [0.2, 0.25) is 0 Å². The van der Waals surface area contributed by atoms with Crippen molar-refractivity contribution < 1.29 is 0 Å². The third-order valence-corrected chi connectivity index (χ3v) is 2.48. The highest BCUT2D eigenvalue weighted by Crippen LogP contribution is 2.21. The van der Waals surface area contributed by atoms with E-state index in [9.17, 15) is 0 Å². The zero-order valence-electron chi connectivity index (χ0n) is 6.71.